The molecule has 1 N–H and O–H groups in total. The summed E-state index contributed by atoms with van der Waals surface area (Å²) in [4.78, 5) is 14.5. The molecule has 0 atom stereocenters. The van der Waals surface area contributed by atoms with E-state index in [0.29, 0.717) is 19.1 Å². The molecule has 0 saturated heterocycles. The van der Waals surface area contributed by atoms with Crippen LogP contribution in [0.1, 0.15) is 37.0 Å². The van der Waals surface area contributed by atoms with E-state index in [2.05, 4.69) is 22.3 Å². The Morgan fingerprint density at radius 2 is 1.87 bits per heavy atom. The van der Waals surface area contributed by atoms with Gasteiger partial charge in [0.15, 0.2) is 0 Å². The number of carbonyl (C=O) groups is 1. The van der Waals surface area contributed by atoms with Crippen LogP contribution in [0, 0.1) is 0 Å². The molecule has 0 spiro atoms. The van der Waals surface area contributed by atoms with Crippen molar-refractivity contribution in [1.29, 1.82) is 0 Å². The summed E-state index contributed by atoms with van der Waals surface area (Å²) in [6.07, 6.45) is 6.36. The molecule has 1 saturated carbocycles. The van der Waals surface area contributed by atoms with Gasteiger partial charge in [-0.2, -0.15) is 0 Å². The molecule has 3 rings (SSSR count). The molecular formula is C19H24N2O2. The van der Waals surface area contributed by atoms with Crippen LogP contribution in [-0.4, -0.2) is 23.4 Å². The number of rotatable bonds is 7. The molecule has 1 aromatic carbocycles. The van der Waals surface area contributed by atoms with Crippen molar-refractivity contribution in [3.05, 3.63) is 60.1 Å². The molecule has 4 heteroatoms. The average molecular weight is 312 g/mol. The Hall–Kier alpha value is -2.07. The van der Waals surface area contributed by atoms with E-state index < -0.39 is 0 Å². The van der Waals surface area contributed by atoms with Crippen molar-refractivity contribution in [2.45, 2.75) is 44.8 Å². The summed E-state index contributed by atoms with van der Waals surface area (Å²) < 4.78 is 5.44. The summed E-state index contributed by atoms with van der Waals surface area (Å²) in [5.74, 6) is 0.994. The molecule has 0 bridgehead atoms. The van der Waals surface area contributed by atoms with Crippen LogP contribution in [0.3, 0.4) is 0 Å². The Morgan fingerprint density at radius 3 is 2.57 bits per heavy atom. The lowest BCUT2D eigenvalue weighted by Gasteiger charge is -2.22. The van der Waals surface area contributed by atoms with Crippen LogP contribution in [0.2, 0.25) is 0 Å². The van der Waals surface area contributed by atoms with E-state index in [1.807, 2.05) is 30.3 Å². The Labute approximate surface area is 137 Å². The number of carbonyl (C=O) groups excluding carboxylic acids is 1. The van der Waals surface area contributed by atoms with Gasteiger partial charge in [-0.3, -0.25) is 9.69 Å². The summed E-state index contributed by atoms with van der Waals surface area (Å²) in [6.45, 7) is 1.77. The third-order valence-electron chi connectivity index (χ3n) is 4.30. The first kappa shape index (κ1) is 15.8. The third kappa shape index (κ3) is 4.96. The lowest BCUT2D eigenvalue weighted by atomic mass is 10.2. The van der Waals surface area contributed by atoms with E-state index >= 15 is 0 Å². The summed E-state index contributed by atoms with van der Waals surface area (Å²) in [5.41, 5.74) is 1.20. The minimum atomic E-state index is 0.111. The van der Waals surface area contributed by atoms with Gasteiger partial charge in [0.2, 0.25) is 5.91 Å². The van der Waals surface area contributed by atoms with Gasteiger partial charge in [0.05, 0.1) is 19.4 Å². The second-order valence-electron chi connectivity index (χ2n) is 6.26. The molecule has 1 aliphatic carbocycles. The predicted molar refractivity (Wildman–Crippen MR) is 89.7 cm³/mol. The van der Waals surface area contributed by atoms with Gasteiger partial charge in [0, 0.05) is 12.6 Å². The van der Waals surface area contributed by atoms with Gasteiger partial charge in [-0.15, -0.1) is 0 Å². The van der Waals surface area contributed by atoms with Gasteiger partial charge in [-0.05, 0) is 30.5 Å². The number of furan rings is 1. The Balaban J connectivity index is 1.60. The maximum Gasteiger partial charge on any atom is 0.234 e. The van der Waals surface area contributed by atoms with Crippen molar-refractivity contribution in [3.8, 4) is 0 Å². The Morgan fingerprint density at radius 1 is 1.09 bits per heavy atom. The summed E-state index contributed by atoms with van der Waals surface area (Å²) in [6, 6.07) is 14.4. The zero-order valence-corrected chi connectivity index (χ0v) is 13.4. The monoisotopic (exact) mass is 312 g/mol. The van der Waals surface area contributed by atoms with Gasteiger partial charge in [0.25, 0.3) is 0 Å². The van der Waals surface area contributed by atoms with Crippen LogP contribution in [0.15, 0.2) is 53.1 Å². The maximum atomic E-state index is 12.3. The fraction of sp³-hybridized carbons (Fsp3) is 0.421. The first-order valence-corrected chi connectivity index (χ1v) is 8.37. The fourth-order valence-electron chi connectivity index (χ4n) is 3.18. The van der Waals surface area contributed by atoms with Crippen molar-refractivity contribution >= 4 is 5.91 Å². The van der Waals surface area contributed by atoms with Gasteiger partial charge in [-0.1, -0.05) is 43.2 Å². The summed E-state index contributed by atoms with van der Waals surface area (Å²) in [5, 5.41) is 3.16. The maximum absolute atomic E-state index is 12.3. The highest BCUT2D eigenvalue weighted by Crippen LogP contribution is 2.17. The molecule has 1 aromatic heterocycles. The molecule has 122 valence electrons. The first-order chi connectivity index (χ1) is 11.3. The molecule has 0 aliphatic heterocycles. The van der Waals surface area contributed by atoms with Crippen LogP contribution in [0.4, 0.5) is 0 Å². The quantitative estimate of drug-likeness (QED) is 0.853. The smallest absolute Gasteiger partial charge is 0.234 e. The highest BCUT2D eigenvalue weighted by molar-refractivity contribution is 5.78. The zero-order chi connectivity index (χ0) is 15.9. The number of amides is 1. The van der Waals surface area contributed by atoms with E-state index in [9.17, 15) is 4.79 Å². The van der Waals surface area contributed by atoms with Crippen molar-refractivity contribution in [3.63, 3.8) is 0 Å². The highest BCUT2D eigenvalue weighted by Gasteiger charge is 2.19. The van der Waals surface area contributed by atoms with E-state index in [1.54, 1.807) is 6.26 Å². The van der Waals surface area contributed by atoms with Crippen molar-refractivity contribution in [1.82, 2.24) is 10.2 Å². The van der Waals surface area contributed by atoms with Crippen molar-refractivity contribution < 1.29 is 9.21 Å². The molecule has 0 radical (unpaired) electrons. The topological polar surface area (TPSA) is 45.5 Å². The molecule has 1 amide bonds. The van der Waals surface area contributed by atoms with Crippen molar-refractivity contribution in [2.24, 2.45) is 0 Å². The lowest BCUT2D eigenvalue weighted by molar-refractivity contribution is -0.123. The molecule has 1 heterocycles. The van der Waals surface area contributed by atoms with Crippen LogP contribution < -0.4 is 5.32 Å². The van der Waals surface area contributed by atoms with E-state index in [4.69, 9.17) is 4.42 Å². The molecule has 1 aliphatic rings. The number of hydrogen-bond acceptors (Lipinski definition) is 3. The van der Waals surface area contributed by atoms with E-state index in [-0.39, 0.29) is 5.91 Å². The fourth-order valence-corrected chi connectivity index (χ4v) is 3.18. The highest BCUT2D eigenvalue weighted by atomic mass is 16.3. The van der Waals surface area contributed by atoms with Gasteiger partial charge in [-0.25, -0.2) is 0 Å². The third-order valence-corrected chi connectivity index (χ3v) is 4.30. The molecule has 0 unspecified atom stereocenters. The summed E-state index contributed by atoms with van der Waals surface area (Å²) in [7, 11) is 0. The lowest BCUT2D eigenvalue weighted by Crippen LogP contribution is -2.40. The average Bonchev–Trinajstić information content (AvgIpc) is 3.22. The largest absolute Gasteiger partial charge is 0.468 e. The molecule has 1 fully saturated rings. The predicted octanol–water partition coefficient (Wildman–Crippen LogP) is 3.34. The van der Waals surface area contributed by atoms with Crippen LogP contribution in [0.5, 0.6) is 0 Å². The van der Waals surface area contributed by atoms with Crippen LogP contribution >= 0.6 is 0 Å². The second kappa shape index (κ2) is 7.97. The van der Waals surface area contributed by atoms with E-state index in [1.165, 1.54) is 18.4 Å². The minimum absolute atomic E-state index is 0.111. The van der Waals surface area contributed by atoms with Gasteiger partial charge in [0.1, 0.15) is 5.76 Å². The van der Waals surface area contributed by atoms with Crippen molar-refractivity contribution in [2.75, 3.05) is 6.54 Å². The second-order valence-corrected chi connectivity index (χ2v) is 6.26. The Kier molecular flexibility index (Phi) is 5.48. The van der Waals surface area contributed by atoms with Crippen LogP contribution in [0.25, 0.3) is 0 Å². The van der Waals surface area contributed by atoms with Crippen LogP contribution in [-0.2, 0) is 17.9 Å². The minimum Gasteiger partial charge on any atom is -0.468 e. The molecule has 4 nitrogen and oxygen atoms in total. The summed E-state index contributed by atoms with van der Waals surface area (Å²) >= 11 is 0. The Bertz CT molecular complexity index is 589. The van der Waals surface area contributed by atoms with Gasteiger partial charge >= 0.3 is 0 Å². The molecular weight excluding hydrogens is 288 g/mol. The number of benzene rings is 1. The van der Waals surface area contributed by atoms with Gasteiger partial charge < -0.3 is 9.73 Å². The standard InChI is InChI=1S/C19H24N2O2/c22-19(20-17-9-4-5-10-17)15-21(14-18-11-6-12-23-18)13-16-7-2-1-3-8-16/h1-3,6-8,11-12,17H,4-5,9-10,13-15H2,(H,20,22). The van der Waals surface area contributed by atoms with E-state index in [0.717, 1.165) is 25.1 Å². The number of nitrogens with one attached hydrogen (secondary N) is 1. The number of hydrogen-bond donors (Lipinski definition) is 1. The zero-order valence-electron chi connectivity index (χ0n) is 13.4. The SMILES string of the molecule is O=C(CN(Cc1ccccc1)Cc1ccco1)NC1CCCC1. The number of nitrogens with zero attached hydrogens (tertiary/aromatic N) is 1. The molecule has 2 aromatic rings. The normalized spacial score (nSPS) is 15.2. The first-order valence-electron chi connectivity index (χ1n) is 8.37. The molecule has 23 heavy (non-hydrogen) atoms.